The second kappa shape index (κ2) is 4.60. The van der Waals surface area contributed by atoms with Gasteiger partial charge in [-0.2, -0.15) is 0 Å². The van der Waals surface area contributed by atoms with Gasteiger partial charge in [0.05, 0.1) is 4.90 Å². The highest BCUT2D eigenvalue weighted by molar-refractivity contribution is 8.13. The van der Waals surface area contributed by atoms with E-state index in [0.717, 1.165) is 18.4 Å². The van der Waals surface area contributed by atoms with E-state index < -0.39 is 9.05 Å². The molecule has 1 aromatic carbocycles. The fraction of sp³-hybridized carbons (Fsp3) is 0.333. The topological polar surface area (TPSA) is 34.1 Å². The third-order valence-electron chi connectivity index (χ3n) is 2.78. The molecule has 2 rings (SSSR count). The Morgan fingerprint density at radius 3 is 2.62 bits per heavy atom. The maximum atomic E-state index is 11.2. The average Bonchev–Trinajstić information content (AvgIpc) is 2.29. The molecule has 4 heteroatoms. The van der Waals surface area contributed by atoms with Crippen molar-refractivity contribution in [3.05, 3.63) is 35.9 Å². The zero-order chi connectivity index (χ0) is 11.6. The molecule has 0 bridgehead atoms. The van der Waals surface area contributed by atoms with Crippen molar-refractivity contribution in [1.82, 2.24) is 0 Å². The Bertz CT molecular complexity index is 518. The lowest BCUT2D eigenvalue weighted by molar-refractivity contribution is 0.609. The van der Waals surface area contributed by atoms with E-state index in [1.54, 1.807) is 12.1 Å². The van der Waals surface area contributed by atoms with Crippen LogP contribution in [0.5, 0.6) is 0 Å². The molecule has 0 heterocycles. The van der Waals surface area contributed by atoms with Gasteiger partial charge >= 0.3 is 0 Å². The van der Waals surface area contributed by atoms with Crippen molar-refractivity contribution < 1.29 is 8.42 Å². The zero-order valence-corrected chi connectivity index (χ0v) is 10.4. The summed E-state index contributed by atoms with van der Waals surface area (Å²) >= 11 is 0. The molecule has 0 aromatic heterocycles. The summed E-state index contributed by atoms with van der Waals surface area (Å²) in [6, 6.07) is 6.84. The zero-order valence-electron chi connectivity index (χ0n) is 8.82. The molecule has 0 atom stereocenters. The molecule has 0 spiro atoms. The Morgan fingerprint density at radius 1 is 1.19 bits per heavy atom. The number of benzene rings is 1. The van der Waals surface area contributed by atoms with Crippen LogP contribution in [0.2, 0.25) is 0 Å². The molecule has 0 amide bonds. The molecule has 0 N–H and O–H groups in total. The number of halogens is 1. The Kier molecular flexibility index (Phi) is 3.36. The first-order valence-corrected chi connectivity index (χ1v) is 7.62. The lowest BCUT2D eigenvalue weighted by Crippen LogP contribution is -1.95. The molecule has 0 fully saturated rings. The van der Waals surface area contributed by atoms with Gasteiger partial charge in [0.1, 0.15) is 0 Å². The molecule has 1 aliphatic carbocycles. The number of allylic oxidation sites excluding steroid dienone is 2. The standard InChI is InChI=1S/C12H13ClO2S/c13-16(14,15)12-8-4-7-11(9-12)10-5-2-1-3-6-10/h4-5,7-9H,1-3,6H2. The van der Waals surface area contributed by atoms with Gasteiger partial charge in [-0.3, -0.25) is 0 Å². The predicted octanol–water partition coefficient (Wildman–Crippen LogP) is 3.57. The first-order chi connectivity index (χ1) is 7.57. The normalized spacial score (nSPS) is 16.9. The summed E-state index contributed by atoms with van der Waals surface area (Å²) in [6.45, 7) is 0. The number of rotatable bonds is 2. The van der Waals surface area contributed by atoms with Gasteiger partial charge in [0.15, 0.2) is 0 Å². The van der Waals surface area contributed by atoms with Crippen molar-refractivity contribution in [3.63, 3.8) is 0 Å². The van der Waals surface area contributed by atoms with E-state index in [2.05, 4.69) is 6.08 Å². The quantitative estimate of drug-likeness (QED) is 0.758. The maximum Gasteiger partial charge on any atom is 0.261 e. The fourth-order valence-corrected chi connectivity index (χ4v) is 2.74. The molecule has 16 heavy (non-hydrogen) atoms. The van der Waals surface area contributed by atoms with Crippen LogP contribution in [0.25, 0.3) is 5.57 Å². The summed E-state index contributed by atoms with van der Waals surface area (Å²) in [5.41, 5.74) is 2.20. The van der Waals surface area contributed by atoms with E-state index in [4.69, 9.17) is 10.7 Å². The first kappa shape index (κ1) is 11.7. The van der Waals surface area contributed by atoms with Gasteiger partial charge in [-0.15, -0.1) is 0 Å². The summed E-state index contributed by atoms with van der Waals surface area (Å²) in [5.74, 6) is 0. The largest absolute Gasteiger partial charge is 0.261 e. The van der Waals surface area contributed by atoms with Gasteiger partial charge in [0.25, 0.3) is 9.05 Å². The van der Waals surface area contributed by atoms with Crippen LogP contribution in [0.3, 0.4) is 0 Å². The van der Waals surface area contributed by atoms with Crippen LogP contribution >= 0.6 is 10.7 Å². The number of hydrogen-bond acceptors (Lipinski definition) is 2. The summed E-state index contributed by atoms with van der Waals surface area (Å²) in [4.78, 5) is 0.179. The number of hydrogen-bond donors (Lipinski definition) is 0. The predicted molar refractivity (Wildman–Crippen MR) is 65.9 cm³/mol. The minimum atomic E-state index is -3.62. The summed E-state index contributed by atoms with van der Waals surface area (Å²) in [6.07, 6.45) is 6.67. The Morgan fingerprint density at radius 2 is 2.00 bits per heavy atom. The van der Waals surface area contributed by atoms with Crippen molar-refractivity contribution >= 4 is 25.3 Å². The van der Waals surface area contributed by atoms with E-state index in [1.165, 1.54) is 24.5 Å². The van der Waals surface area contributed by atoms with Crippen LogP contribution in [-0.2, 0) is 9.05 Å². The van der Waals surface area contributed by atoms with E-state index in [9.17, 15) is 8.42 Å². The fourth-order valence-electron chi connectivity index (χ4n) is 1.95. The molecule has 1 aromatic rings. The van der Waals surface area contributed by atoms with Crippen molar-refractivity contribution in [3.8, 4) is 0 Å². The molecule has 0 saturated heterocycles. The van der Waals surface area contributed by atoms with Gasteiger partial charge in [-0.05, 0) is 49.0 Å². The van der Waals surface area contributed by atoms with Crippen LogP contribution in [0.4, 0.5) is 0 Å². The summed E-state index contributed by atoms with van der Waals surface area (Å²) in [5, 5.41) is 0. The third-order valence-corrected chi connectivity index (χ3v) is 4.13. The highest BCUT2D eigenvalue weighted by Crippen LogP contribution is 2.28. The molecule has 0 saturated carbocycles. The summed E-state index contributed by atoms with van der Waals surface area (Å²) < 4.78 is 22.4. The van der Waals surface area contributed by atoms with E-state index in [1.807, 2.05) is 6.07 Å². The van der Waals surface area contributed by atoms with E-state index in [-0.39, 0.29) is 4.90 Å². The molecule has 0 radical (unpaired) electrons. The molecular formula is C12H13ClO2S. The van der Waals surface area contributed by atoms with Crippen molar-refractivity contribution in [2.75, 3.05) is 0 Å². The van der Waals surface area contributed by atoms with Crippen LogP contribution in [0, 0.1) is 0 Å². The Labute approximate surface area is 100 Å². The molecular weight excluding hydrogens is 244 g/mol. The van der Waals surface area contributed by atoms with E-state index >= 15 is 0 Å². The minimum absolute atomic E-state index is 0.179. The average molecular weight is 257 g/mol. The second-order valence-electron chi connectivity index (χ2n) is 3.94. The van der Waals surface area contributed by atoms with E-state index in [0.29, 0.717) is 0 Å². The van der Waals surface area contributed by atoms with Crippen LogP contribution < -0.4 is 0 Å². The van der Waals surface area contributed by atoms with Crippen LogP contribution in [0.15, 0.2) is 35.2 Å². The minimum Gasteiger partial charge on any atom is -0.207 e. The van der Waals surface area contributed by atoms with Crippen molar-refractivity contribution in [2.24, 2.45) is 0 Å². The monoisotopic (exact) mass is 256 g/mol. The lowest BCUT2D eigenvalue weighted by Gasteiger charge is -2.13. The first-order valence-electron chi connectivity index (χ1n) is 5.31. The Balaban J connectivity index is 2.39. The highest BCUT2D eigenvalue weighted by atomic mass is 35.7. The third kappa shape index (κ3) is 2.66. The highest BCUT2D eigenvalue weighted by Gasteiger charge is 2.12. The van der Waals surface area contributed by atoms with Gasteiger partial charge < -0.3 is 0 Å². The molecule has 0 unspecified atom stereocenters. The van der Waals surface area contributed by atoms with Gasteiger partial charge in [0.2, 0.25) is 0 Å². The Hall–Kier alpha value is -0.800. The SMILES string of the molecule is O=S(=O)(Cl)c1cccc(C2=CCCCC2)c1. The molecule has 1 aliphatic rings. The maximum absolute atomic E-state index is 11.2. The lowest BCUT2D eigenvalue weighted by atomic mass is 9.94. The smallest absolute Gasteiger partial charge is 0.207 e. The van der Waals surface area contributed by atoms with Crippen LogP contribution in [-0.4, -0.2) is 8.42 Å². The molecule has 2 nitrogen and oxygen atoms in total. The summed E-state index contributed by atoms with van der Waals surface area (Å²) in [7, 11) is 1.70. The van der Waals surface area contributed by atoms with Gasteiger partial charge in [0, 0.05) is 10.7 Å². The van der Waals surface area contributed by atoms with Crippen molar-refractivity contribution in [2.45, 2.75) is 30.6 Å². The molecule has 0 aliphatic heterocycles. The van der Waals surface area contributed by atoms with Gasteiger partial charge in [-0.25, -0.2) is 8.42 Å². The van der Waals surface area contributed by atoms with Crippen molar-refractivity contribution in [1.29, 1.82) is 0 Å². The second-order valence-corrected chi connectivity index (χ2v) is 6.51. The molecule has 86 valence electrons. The van der Waals surface area contributed by atoms with Crippen LogP contribution in [0.1, 0.15) is 31.2 Å². The van der Waals surface area contributed by atoms with Gasteiger partial charge in [-0.1, -0.05) is 18.2 Å².